The molecule has 2 aromatic rings. The zero-order chi connectivity index (χ0) is 15.1. The maximum absolute atomic E-state index is 12.9. The van der Waals surface area contributed by atoms with E-state index >= 15 is 0 Å². The molecule has 2 N–H and O–H groups in total. The minimum Gasteiger partial charge on any atom is -0.463 e. The average Bonchev–Trinajstić information content (AvgIpc) is 2.98. The fourth-order valence-electron chi connectivity index (χ4n) is 1.46. The second kappa shape index (κ2) is 6.99. The monoisotopic (exact) mass is 289 g/mol. The van der Waals surface area contributed by atoms with Gasteiger partial charge in [-0.2, -0.15) is 5.10 Å². The standard InChI is InChI=1S/C14H12FN3O3/c15-11-4-1-3-10(7-11)14(20)16-9-13(19)18-17-8-12-5-2-6-21-12/h1-8H,9H2,(H,16,20)(H,18,19). The Labute approximate surface area is 119 Å². The van der Waals surface area contributed by atoms with Crippen LogP contribution in [-0.2, 0) is 4.79 Å². The van der Waals surface area contributed by atoms with E-state index in [1.165, 1.54) is 30.7 Å². The zero-order valence-corrected chi connectivity index (χ0v) is 10.9. The van der Waals surface area contributed by atoms with Gasteiger partial charge in [-0.3, -0.25) is 9.59 Å². The molecule has 0 aliphatic carbocycles. The first-order valence-electron chi connectivity index (χ1n) is 6.04. The van der Waals surface area contributed by atoms with Crippen LogP contribution < -0.4 is 10.7 Å². The normalized spacial score (nSPS) is 10.5. The zero-order valence-electron chi connectivity index (χ0n) is 10.9. The highest BCUT2D eigenvalue weighted by Gasteiger charge is 2.08. The van der Waals surface area contributed by atoms with Crippen LogP contribution in [0.4, 0.5) is 4.39 Å². The largest absolute Gasteiger partial charge is 0.463 e. The quantitative estimate of drug-likeness (QED) is 0.643. The third-order valence-corrected chi connectivity index (χ3v) is 2.42. The van der Waals surface area contributed by atoms with Gasteiger partial charge in [-0.15, -0.1) is 0 Å². The molecule has 6 nitrogen and oxygen atoms in total. The van der Waals surface area contributed by atoms with Crippen LogP contribution in [0, 0.1) is 5.82 Å². The van der Waals surface area contributed by atoms with Crippen LogP contribution in [0.5, 0.6) is 0 Å². The van der Waals surface area contributed by atoms with Crippen LogP contribution in [0.15, 0.2) is 52.2 Å². The van der Waals surface area contributed by atoms with Crippen molar-refractivity contribution in [3.05, 3.63) is 59.8 Å². The lowest BCUT2D eigenvalue weighted by molar-refractivity contribution is -0.120. The molecule has 0 atom stereocenters. The van der Waals surface area contributed by atoms with Gasteiger partial charge in [0.2, 0.25) is 0 Å². The lowest BCUT2D eigenvalue weighted by Crippen LogP contribution is -2.34. The molecule has 2 rings (SSSR count). The number of hydrogen-bond acceptors (Lipinski definition) is 4. The van der Waals surface area contributed by atoms with Gasteiger partial charge in [0.1, 0.15) is 11.6 Å². The summed E-state index contributed by atoms with van der Waals surface area (Å²) in [7, 11) is 0. The Morgan fingerprint density at radius 3 is 2.86 bits per heavy atom. The third-order valence-electron chi connectivity index (χ3n) is 2.42. The summed E-state index contributed by atoms with van der Waals surface area (Å²) in [5.74, 6) is -1.09. The third kappa shape index (κ3) is 4.57. The number of hydrazone groups is 1. The number of amides is 2. The molecule has 0 unspecified atom stereocenters. The molecule has 0 fully saturated rings. The van der Waals surface area contributed by atoms with Crippen molar-refractivity contribution in [3.8, 4) is 0 Å². The Morgan fingerprint density at radius 2 is 2.14 bits per heavy atom. The maximum Gasteiger partial charge on any atom is 0.259 e. The Balaban J connectivity index is 1.77. The van der Waals surface area contributed by atoms with Crippen LogP contribution >= 0.6 is 0 Å². The molecule has 2 amide bonds. The molecule has 0 aliphatic rings. The highest BCUT2D eigenvalue weighted by atomic mass is 19.1. The van der Waals surface area contributed by atoms with Crippen molar-refractivity contribution < 1.29 is 18.4 Å². The van der Waals surface area contributed by atoms with Crippen molar-refractivity contribution in [1.29, 1.82) is 0 Å². The number of nitrogens with one attached hydrogen (secondary N) is 2. The predicted octanol–water partition coefficient (Wildman–Crippen LogP) is 1.30. The molecule has 0 saturated heterocycles. The van der Waals surface area contributed by atoms with Gasteiger partial charge in [0, 0.05) is 5.56 Å². The molecular weight excluding hydrogens is 277 g/mol. The summed E-state index contributed by atoms with van der Waals surface area (Å²) in [5.41, 5.74) is 2.36. The van der Waals surface area contributed by atoms with E-state index in [2.05, 4.69) is 15.8 Å². The maximum atomic E-state index is 12.9. The van der Waals surface area contributed by atoms with Gasteiger partial charge in [-0.25, -0.2) is 9.82 Å². The fourth-order valence-corrected chi connectivity index (χ4v) is 1.46. The van der Waals surface area contributed by atoms with Gasteiger partial charge in [0.25, 0.3) is 11.8 Å². The molecule has 0 radical (unpaired) electrons. The number of nitrogens with zero attached hydrogens (tertiary/aromatic N) is 1. The van der Waals surface area contributed by atoms with Crippen LogP contribution in [0.1, 0.15) is 16.1 Å². The van der Waals surface area contributed by atoms with Gasteiger partial charge >= 0.3 is 0 Å². The molecule has 0 saturated carbocycles. The highest BCUT2D eigenvalue weighted by Crippen LogP contribution is 2.02. The van der Waals surface area contributed by atoms with E-state index in [-0.39, 0.29) is 12.1 Å². The first kappa shape index (κ1) is 14.4. The first-order chi connectivity index (χ1) is 10.1. The lowest BCUT2D eigenvalue weighted by atomic mass is 10.2. The minimum atomic E-state index is -0.542. The smallest absolute Gasteiger partial charge is 0.259 e. The van der Waals surface area contributed by atoms with Gasteiger partial charge in [-0.1, -0.05) is 6.07 Å². The van der Waals surface area contributed by atoms with E-state index in [0.717, 1.165) is 6.07 Å². The Bertz CT molecular complexity index is 653. The summed E-state index contributed by atoms with van der Waals surface area (Å²) in [6, 6.07) is 8.53. The number of halogens is 1. The Morgan fingerprint density at radius 1 is 1.29 bits per heavy atom. The molecule has 0 spiro atoms. The van der Waals surface area contributed by atoms with Gasteiger partial charge in [0.05, 0.1) is 19.0 Å². The van der Waals surface area contributed by atoms with Crippen LogP contribution in [0.25, 0.3) is 0 Å². The van der Waals surface area contributed by atoms with Crippen LogP contribution in [0.2, 0.25) is 0 Å². The van der Waals surface area contributed by atoms with Crippen molar-refractivity contribution in [2.24, 2.45) is 5.10 Å². The van der Waals surface area contributed by atoms with Crippen molar-refractivity contribution in [2.75, 3.05) is 6.54 Å². The summed E-state index contributed by atoms with van der Waals surface area (Å²) in [6.45, 7) is -0.273. The first-order valence-corrected chi connectivity index (χ1v) is 6.04. The number of hydrogen-bond donors (Lipinski definition) is 2. The Hall–Kier alpha value is -2.96. The van der Waals surface area contributed by atoms with Crippen molar-refractivity contribution in [2.45, 2.75) is 0 Å². The summed E-state index contributed by atoms with van der Waals surface area (Å²) in [4.78, 5) is 23.1. The lowest BCUT2D eigenvalue weighted by Gasteiger charge is -2.04. The van der Waals surface area contributed by atoms with E-state index in [1.807, 2.05) is 0 Å². The molecule has 1 aromatic heterocycles. The van der Waals surface area contributed by atoms with Crippen molar-refractivity contribution in [3.63, 3.8) is 0 Å². The Kier molecular flexibility index (Phi) is 4.81. The van der Waals surface area contributed by atoms with E-state index < -0.39 is 17.6 Å². The molecular formula is C14H12FN3O3. The predicted molar refractivity (Wildman–Crippen MR) is 73.2 cm³/mol. The van der Waals surface area contributed by atoms with Gasteiger partial charge < -0.3 is 9.73 Å². The molecule has 108 valence electrons. The highest BCUT2D eigenvalue weighted by molar-refractivity contribution is 5.96. The number of carbonyl (C=O) groups is 2. The second-order valence-electron chi connectivity index (χ2n) is 4.00. The molecule has 1 aromatic carbocycles. The van der Waals surface area contributed by atoms with E-state index in [1.54, 1.807) is 12.1 Å². The van der Waals surface area contributed by atoms with E-state index in [4.69, 9.17) is 4.42 Å². The second-order valence-corrected chi connectivity index (χ2v) is 4.00. The average molecular weight is 289 g/mol. The number of rotatable bonds is 5. The molecule has 0 aliphatic heterocycles. The van der Waals surface area contributed by atoms with Crippen molar-refractivity contribution in [1.82, 2.24) is 10.7 Å². The van der Waals surface area contributed by atoms with Gasteiger partial charge in [0.15, 0.2) is 0 Å². The molecule has 1 heterocycles. The number of furan rings is 1. The SMILES string of the molecule is O=C(CNC(=O)c1cccc(F)c1)NN=Cc1ccco1. The number of carbonyl (C=O) groups excluding carboxylic acids is 2. The van der Waals surface area contributed by atoms with Crippen LogP contribution in [-0.4, -0.2) is 24.6 Å². The summed E-state index contributed by atoms with van der Waals surface area (Å²) >= 11 is 0. The van der Waals surface area contributed by atoms with E-state index in [0.29, 0.717) is 5.76 Å². The topological polar surface area (TPSA) is 83.7 Å². The summed E-state index contributed by atoms with van der Waals surface area (Å²) in [6.07, 6.45) is 2.80. The molecule has 7 heteroatoms. The fraction of sp³-hybridized carbons (Fsp3) is 0.0714. The minimum absolute atomic E-state index is 0.141. The van der Waals surface area contributed by atoms with Crippen LogP contribution in [0.3, 0.4) is 0 Å². The summed E-state index contributed by atoms with van der Waals surface area (Å²) in [5, 5.41) is 6.00. The molecule has 0 bridgehead atoms. The number of benzene rings is 1. The van der Waals surface area contributed by atoms with Crippen molar-refractivity contribution >= 4 is 18.0 Å². The van der Waals surface area contributed by atoms with E-state index in [9.17, 15) is 14.0 Å². The van der Waals surface area contributed by atoms with Gasteiger partial charge in [-0.05, 0) is 30.3 Å². The molecule has 21 heavy (non-hydrogen) atoms. The summed E-state index contributed by atoms with van der Waals surface area (Å²) < 4.78 is 17.9.